The van der Waals surface area contributed by atoms with E-state index in [0.29, 0.717) is 16.6 Å². The molecule has 0 fully saturated rings. The second-order valence-corrected chi connectivity index (χ2v) is 4.57. The lowest BCUT2D eigenvalue weighted by molar-refractivity contribution is 0.540. The first-order chi connectivity index (χ1) is 7.67. The van der Waals surface area contributed by atoms with Crippen LogP contribution in [0.3, 0.4) is 0 Å². The third-order valence-electron chi connectivity index (χ3n) is 2.60. The van der Waals surface area contributed by atoms with Crippen LogP contribution in [0.5, 0.6) is 0 Å². The first kappa shape index (κ1) is 11.6. The van der Waals surface area contributed by atoms with Gasteiger partial charge in [-0.3, -0.25) is 0 Å². The predicted molar refractivity (Wildman–Crippen MR) is 65.8 cm³/mol. The number of aryl methyl sites for hydroxylation is 1. The Hall–Kier alpha value is -0.870. The molecule has 1 aromatic carbocycles. The average Bonchev–Trinajstić information content (AvgIpc) is 2.58. The molecule has 0 aliphatic carbocycles. The predicted octanol–water partition coefficient (Wildman–Crippen LogP) is 3.75. The SMILES string of the molecule is CCCc1c(CN)oc2cc(F)c(Br)cc12. The van der Waals surface area contributed by atoms with Crippen LogP contribution in [0, 0.1) is 5.82 Å². The van der Waals surface area contributed by atoms with Crippen molar-refractivity contribution < 1.29 is 8.81 Å². The molecule has 0 radical (unpaired) electrons. The molecular weight excluding hydrogens is 273 g/mol. The molecule has 1 aromatic heterocycles. The van der Waals surface area contributed by atoms with Crippen molar-refractivity contribution in [3.05, 3.63) is 33.7 Å². The van der Waals surface area contributed by atoms with E-state index in [1.54, 1.807) is 6.07 Å². The van der Waals surface area contributed by atoms with Gasteiger partial charge in [-0.15, -0.1) is 0 Å². The molecule has 86 valence electrons. The van der Waals surface area contributed by atoms with E-state index < -0.39 is 0 Å². The maximum absolute atomic E-state index is 13.3. The number of hydrogen-bond donors (Lipinski definition) is 1. The lowest BCUT2D eigenvalue weighted by atomic mass is 10.1. The van der Waals surface area contributed by atoms with Crippen molar-refractivity contribution in [2.75, 3.05) is 0 Å². The second kappa shape index (κ2) is 4.55. The zero-order valence-electron chi connectivity index (χ0n) is 9.02. The third kappa shape index (κ3) is 1.87. The van der Waals surface area contributed by atoms with Crippen LogP contribution in [0.25, 0.3) is 11.0 Å². The van der Waals surface area contributed by atoms with Crippen molar-refractivity contribution in [1.82, 2.24) is 0 Å². The van der Waals surface area contributed by atoms with Gasteiger partial charge in [0.2, 0.25) is 0 Å². The second-order valence-electron chi connectivity index (χ2n) is 3.72. The molecule has 0 saturated carbocycles. The van der Waals surface area contributed by atoms with Crippen molar-refractivity contribution >= 4 is 26.9 Å². The van der Waals surface area contributed by atoms with Crippen LogP contribution in [0.15, 0.2) is 21.0 Å². The zero-order chi connectivity index (χ0) is 11.7. The van der Waals surface area contributed by atoms with Crippen LogP contribution in [0.1, 0.15) is 24.7 Å². The zero-order valence-corrected chi connectivity index (χ0v) is 10.6. The molecule has 2 aromatic rings. The van der Waals surface area contributed by atoms with Gasteiger partial charge in [-0.1, -0.05) is 13.3 Å². The first-order valence-corrected chi connectivity index (χ1v) is 6.06. The Kier molecular flexibility index (Phi) is 3.30. The Morgan fingerprint density at radius 2 is 2.19 bits per heavy atom. The summed E-state index contributed by atoms with van der Waals surface area (Å²) in [6.45, 7) is 2.45. The van der Waals surface area contributed by atoms with E-state index in [4.69, 9.17) is 10.2 Å². The molecule has 0 saturated heterocycles. The summed E-state index contributed by atoms with van der Waals surface area (Å²) >= 11 is 3.18. The monoisotopic (exact) mass is 285 g/mol. The van der Waals surface area contributed by atoms with Crippen molar-refractivity contribution in [2.24, 2.45) is 5.73 Å². The number of rotatable bonds is 3. The lowest BCUT2D eigenvalue weighted by Gasteiger charge is -1.98. The van der Waals surface area contributed by atoms with Gasteiger partial charge >= 0.3 is 0 Å². The summed E-state index contributed by atoms with van der Waals surface area (Å²) < 4.78 is 19.4. The van der Waals surface area contributed by atoms with Gasteiger partial charge in [0.1, 0.15) is 17.2 Å². The third-order valence-corrected chi connectivity index (χ3v) is 3.21. The molecule has 0 spiro atoms. The van der Waals surface area contributed by atoms with Gasteiger partial charge < -0.3 is 10.2 Å². The summed E-state index contributed by atoms with van der Waals surface area (Å²) in [5, 5.41) is 0.954. The van der Waals surface area contributed by atoms with Crippen LogP contribution in [-0.2, 0) is 13.0 Å². The number of furan rings is 1. The highest BCUT2D eigenvalue weighted by atomic mass is 79.9. The van der Waals surface area contributed by atoms with Crippen molar-refractivity contribution in [3.63, 3.8) is 0 Å². The molecule has 2 nitrogen and oxygen atoms in total. The number of halogens is 2. The normalized spacial score (nSPS) is 11.2. The molecule has 0 unspecified atom stereocenters. The van der Waals surface area contributed by atoms with Crippen LogP contribution in [-0.4, -0.2) is 0 Å². The minimum atomic E-state index is -0.312. The largest absolute Gasteiger partial charge is 0.459 e. The van der Waals surface area contributed by atoms with Gasteiger partial charge in [0.05, 0.1) is 11.0 Å². The summed E-state index contributed by atoms with van der Waals surface area (Å²) in [5.74, 6) is 0.446. The minimum Gasteiger partial charge on any atom is -0.459 e. The fourth-order valence-electron chi connectivity index (χ4n) is 1.88. The number of hydrogen-bond acceptors (Lipinski definition) is 2. The molecular formula is C12H13BrFNO. The molecule has 4 heteroatoms. The van der Waals surface area contributed by atoms with Crippen LogP contribution in [0.4, 0.5) is 4.39 Å². The van der Waals surface area contributed by atoms with E-state index in [2.05, 4.69) is 22.9 Å². The number of nitrogens with two attached hydrogens (primary N) is 1. The average molecular weight is 286 g/mol. The van der Waals surface area contributed by atoms with Gasteiger partial charge in [-0.2, -0.15) is 0 Å². The van der Waals surface area contributed by atoms with E-state index in [1.165, 1.54) is 6.07 Å². The van der Waals surface area contributed by atoms with Crippen LogP contribution < -0.4 is 5.73 Å². The molecule has 0 aliphatic rings. The summed E-state index contributed by atoms with van der Waals surface area (Å²) in [5.41, 5.74) is 7.29. The van der Waals surface area contributed by atoms with Gasteiger partial charge in [-0.05, 0) is 28.4 Å². The molecule has 16 heavy (non-hydrogen) atoms. The van der Waals surface area contributed by atoms with Gasteiger partial charge in [0, 0.05) is 17.0 Å². The van der Waals surface area contributed by atoms with Crippen molar-refractivity contribution in [2.45, 2.75) is 26.3 Å². The van der Waals surface area contributed by atoms with E-state index in [9.17, 15) is 4.39 Å². The highest BCUT2D eigenvalue weighted by Gasteiger charge is 2.14. The highest BCUT2D eigenvalue weighted by Crippen LogP contribution is 2.31. The van der Waals surface area contributed by atoms with Gasteiger partial charge in [0.15, 0.2) is 0 Å². The fourth-order valence-corrected chi connectivity index (χ4v) is 2.23. The fraction of sp³-hybridized carbons (Fsp3) is 0.333. The quantitative estimate of drug-likeness (QED) is 0.933. The first-order valence-electron chi connectivity index (χ1n) is 5.26. The van der Waals surface area contributed by atoms with E-state index in [0.717, 1.165) is 29.6 Å². The summed E-state index contributed by atoms with van der Waals surface area (Å²) in [6, 6.07) is 3.16. The Labute approximate surface area is 102 Å². The van der Waals surface area contributed by atoms with E-state index >= 15 is 0 Å². The maximum Gasteiger partial charge on any atom is 0.141 e. The number of fused-ring (bicyclic) bond motifs is 1. The molecule has 0 bridgehead atoms. The van der Waals surface area contributed by atoms with Gasteiger partial charge in [0.25, 0.3) is 0 Å². The summed E-state index contributed by atoms with van der Waals surface area (Å²) in [7, 11) is 0. The Bertz CT molecular complexity index is 521. The van der Waals surface area contributed by atoms with Crippen LogP contribution >= 0.6 is 15.9 Å². The Morgan fingerprint density at radius 1 is 1.44 bits per heavy atom. The topological polar surface area (TPSA) is 39.2 Å². The smallest absolute Gasteiger partial charge is 0.141 e. The molecule has 0 amide bonds. The lowest BCUT2D eigenvalue weighted by Crippen LogP contribution is -1.98. The summed E-state index contributed by atoms with van der Waals surface area (Å²) in [4.78, 5) is 0. The highest BCUT2D eigenvalue weighted by molar-refractivity contribution is 9.10. The minimum absolute atomic E-state index is 0.312. The number of benzene rings is 1. The molecule has 0 aliphatic heterocycles. The molecule has 2 rings (SSSR count). The van der Waals surface area contributed by atoms with E-state index in [-0.39, 0.29) is 5.82 Å². The Morgan fingerprint density at radius 3 is 2.81 bits per heavy atom. The molecule has 2 N–H and O–H groups in total. The van der Waals surface area contributed by atoms with Gasteiger partial charge in [-0.25, -0.2) is 4.39 Å². The standard InChI is InChI=1S/C12H13BrFNO/c1-2-3-7-8-4-9(13)10(14)5-11(8)16-12(7)6-15/h4-5H,2-3,6,15H2,1H3. The van der Waals surface area contributed by atoms with E-state index in [1.807, 2.05) is 0 Å². The van der Waals surface area contributed by atoms with Crippen LogP contribution in [0.2, 0.25) is 0 Å². The molecule has 0 atom stereocenters. The maximum atomic E-state index is 13.3. The van der Waals surface area contributed by atoms with Crippen molar-refractivity contribution in [1.29, 1.82) is 0 Å². The Balaban J connectivity index is 2.69. The molecule has 1 heterocycles. The summed E-state index contributed by atoms with van der Waals surface area (Å²) in [6.07, 6.45) is 1.91. The van der Waals surface area contributed by atoms with Crippen molar-refractivity contribution in [3.8, 4) is 0 Å².